The van der Waals surface area contributed by atoms with Crippen molar-refractivity contribution in [2.24, 2.45) is 11.3 Å². The molecular weight excluding hydrogens is 184 g/mol. The summed E-state index contributed by atoms with van der Waals surface area (Å²) in [6.07, 6.45) is 9.14. The third-order valence-corrected chi connectivity index (χ3v) is 5.07. The Hall–Kier alpha value is -0.0800. The molecule has 2 heteroatoms. The van der Waals surface area contributed by atoms with E-state index in [-0.39, 0.29) is 0 Å². The molecule has 3 rings (SSSR count). The maximum Gasteiger partial charge on any atom is 0.0108 e. The van der Waals surface area contributed by atoms with Gasteiger partial charge in [-0.1, -0.05) is 12.8 Å². The minimum absolute atomic E-state index is 0.773. The van der Waals surface area contributed by atoms with Crippen LogP contribution in [0.3, 0.4) is 0 Å². The van der Waals surface area contributed by atoms with Crippen LogP contribution >= 0.6 is 0 Å². The van der Waals surface area contributed by atoms with E-state index in [1.807, 2.05) is 0 Å². The zero-order valence-corrected chi connectivity index (χ0v) is 9.80. The predicted molar refractivity (Wildman–Crippen MR) is 62.9 cm³/mol. The topological polar surface area (TPSA) is 15.3 Å². The zero-order chi connectivity index (χ0) is 10.1. The van der Waals surface area contributed by atoms with Crippen LogP contribution in [0.2, 0.25) is 0 Å². The molecule has 1 heterocycles. The van der Waals surface area contributed by atoms with Crippen molar-refractivity contribution in [1.82, 2.24) is 10.2 Å². The fourth-order valence-corrected chi connectivity index (χ4v) is 3.66. The minimum atomic E-state index is 0.773. The highest BCUT2D eigenvalue weighted by Crippen LogP contribution is 2.54. The molecular formula is C13H24N2. The van der Waals surface area contributed by atoms with Crippen LogP contribution in [0.4, 0.5) is 0 Å². The molecule has 2 nitrogen and oxygen atoms in total. The molecule has 1 N–H and O–H groups in total. The van der Waals surface area contributed by atoms with Crippen molar-refractivity contribution in [3.05, 3.63) is 0 Å². The van der Waals surface area contributed by atoms with E-state index >= 15 is 0 Å². The minimum Gasteiger partial charge on any atom is -0.314 e. The number of hydrogen-bond donors (Lipinski definition) is 1. The van der Waals surface area contributed by atoms with Gasteiger partial charge in [0.25, 0.3) is 0 Å². The summed E-state index contributed by atoms with van der Waals surface area (Å²) in [4.78, 5) is 2.72. The molecule has 3 aliphatic rings. The van der Waals surface area contributed by atoms with E-state index in [2.05, 4.69) is 10.2 Å². The fraction of sp³-hybridized carbons (Fsp3) is 1.00. The summed E-state index contributed by atoms with van der Waals surface area (Å²) in [5.41, 5.74) is 0.773. The molecule has 2 saturated carbocycles. The Labute approximate surface area is 93.4 Å². The van der Waals surface area contributed by atoms with Gasteiger partial charge >= 0.3 is 0 Å². The first-order valence-corrected chi connectivity index (χ1v) is 6.82. The predicted octanol–water partition coefficient (Wildman–Crippen LogP) is 1.86. The van der Waals surface area contributed by atoms with Crippen LogP contribution in [-0.4, -0.2) is 37.6 Å². The first-order valence-electron chi connectivity index (χ1n) is 6.82. The van der Waals surface area contributed by atoms with E-state index in [0.29, 0.717) is 0 Å². The van der Waals surface area contributed by atoms with Gasteiger partial charge in [-0.15, -0.1) is 0 Å². The summed E-state index contributed by atoms with van der Waals surface area (Å²) in [6, 6.07) is 0. The van der Waals surface area contributed by atoms with Gasteiger partial charge in [-0.05, 0) is 37.0 Å². The van der Waals surface area contributed by atoms with E-state index in [4.69, 9.17) is 0 Å². The Morgan fingerprint density at radius 1 is 1.07 bits per heavy atom. The molecule has 15 heavy (non-hydrogen) atoms. The molecule has 0 amide bonds. The van der Waals surface area contributed by atoms with Gasteiger partial charge < -0.3 is 10.2 Å². The smallest absolute Gasteiger partial charge is 0.0108 e. The quantitative estimate of drug-likeness (QED) is 0.761. The Bertz CT molecular complexity index is 213. The van der Waals surface area contributed by atoms with Gasteiger partial charge in [-0.2, -0.15) is 0 Å². The molecule has 0 spiro atoms. The van der Waals surface area contributed by atoms with Gasteiger partial charge in [0.1, 0.15) is 0 Å². The summed E-state index contributed by atoms with van der Waals surface area (Å²) in [7, 11) is 0. The summed E-state index contributed by atoms with van der Waals surface area (Å²) < 4.78 is 0. The Morgan fingerprint density at radius 3 is 2.27 bits per heavy atom. The summed E-state index contributed by atoms with van der Waals surface area (Å²) in [5.74, 6) is 1.10. The molecule has 86 valence electrons. The second-order valence-corrected chi connectivity index (χ2v) is 5.87. The van der Waals surface area contributed by atoms with Crippen LogP contribution in [0.15, 0.2) is 0 Å². The molecule has 3 fully saturated rings. The lowest BCUT2D eigenvalue weighted by Gasteiger charge is -2.54. The molecule has 0 radical (unpaired) electrons. The van der Waals surface area contributed by atoms with Crippen LogP contribution in [0, 0.1) is 11.3 Å². The SMILES string of the molecule is C1CC(C2(CN3CCNCC3)CCC2)C1. The van der Waals surface area contributed by atoms with E-state index in [1.54, 1.807) is 0 Å². The van der Waals surface area contributed by atoms with Gasteiger partial charge in [0.15, 0.2) is 0 Å². The van der Waals surface area contributed by atoms with Crippen LogP contribution in [0.1, 0.15) is 38.5 Å². The summed E-state index contributed by atoms with van der Waals surface area (Å²) in [6.45, 7) is 6.41. The third-order valence-electron chi connectivity index (χ3n) is 5.07. The lowest BCUT2D eigenvalue weighted by atomic mass is 9.55. The Kier molecular flexibility index (Phi) is 2.73. The van der Waals surface area contributed by atoms with Gasteiger partial charge in [0.2, 0.25) is 0 Å². The van der Waals surface area contributed by atoms with Crippen molar-refractivity contribution in [1.29, 1.82) is 0 Å². The van der Waals surface area contributed by atoms with E-state index in [1.165, 1.54) is 71.2 Å². The first-order chi connectivity index (χ1) is 7.39. The molecule has 0 atom stereocenters. The number of piperazine rings is 1. The Balaban J connectivity index is 1.58. The largest absolute Gasteiger partial charge is 0.314 e. The average Bonchev–Trinajstić information content (AvgIpc) is 2.13. The molecule has 1 saturated heterocycles. The molecule has 1 aliphatic heterocycles. The maximum atomic E-state index is 3.45. The maximum absolute atomic E-state index is 3.45. The fourth-order valence-electron chi connectivity index (χ4n) is 3.66. The van der Waals surface area contributed by atoms with E-state index in [9.17, 15) is 0 Å². The van der Waals surface area contributed by atoms with Crippen molar-refractivity contribution < 1.29 is 0 Å². The molecule has 0 aromatic rings. The molecule has 0 aromatic carbocycles. The second kappa shape index (κ2) is 4.06. The normalized spacial score (nSPS) is 32.0. The highest BCUT2D eigenvalue weighted by Gasteiger charge is 2.46. The Morgan fingerprint density at radius 2 is 1.80 bits per heavy atom. The highest BCUT2D eigenvalue weighted by atomic mass is 15.2. The monoisotopic (exact) mass is 208 g/mol. The van der Waals surface area contributed by atoms with Crippen molar-refractivity contribution in [2.75, 3.05) is 32.7 Å². The zero-order valence-electron chi connectivity index (χ0n) is 9.80. The van der Waals surface area contributed by atoms with Crippen LogP contribution < -0.4 is 5.32 Å². The van der Waals surface area contributed by atoms with Crippen LogP contribution in [0.5, 0.6) is 0 Å². The van der Waals surface area contributed by atoms with Crippen molar-refractivity contribution >= 4 is 0 Å². The first kappa shape index (κ1) is 10.1. The number of hydrogen-bond acceptors (Lipinski definition) is 2. The van der Waals surface area contributed by atoms with Crippen LogP contribution in [-0.2, 0) is 0 Å². The van der Waals surface area contributed by atoms with Gasteiger partial charge in [0.05, 0.1) is 0 Å². The van der Waals surface area contributed by atoms with Gasteiger partial charge in [-0.3, -0.25) is 0 Å². The molecule has 0 bridgehead atoms. The highest BCUT2D eigenvalue weighted by molar-refractivity contribution is 4.98. The third kappa shape index (κ3) is 1.83. The van der Waals surface area contributed by atoms with Crippen molar-refractivity contribution in [2.45, 2.75) is 38.5 Å². The van der Waals surface area contributed by atoms with Crippen molar-refractivity contribution in [3.8, 4) is 0 Å². The average molecular weight is 208 g/mol. The summed E-state index contributed by atoms with van der Waals surface area (Å²) in [5, 5.41) is 3.45. The van der Waals surface area contributed by atoms with E-state index < -0.39 is 0 Å². The van der Waals surface area contributed by atoms with E-state index in [0.717, 1.165) is 11.3 Å². The standard InChI is InChI=1S/C13H24N2/c1-3-12(4-1)13(5-2-6-13)11-15-9-7-14-8-10-15/h12,14H,1-11H2. The number of rotatable bonds is 3. The molecule has 0 unspecified atom stereocenters. The summed E-state index contributed by atoms with van der Waals surface area (Å²) >= 11 is 0. The molecule has 0 aromatic heterocycles. The van der Waals surface area contributed by atoms with Crippen molar-refractivity contribution in [3.63, 3.8) is 0 Å². The number of nitrogens with one attached hydrogen (secondary N) is 1. The second-order valence-electron chi connectivity index (χ2n) is 5.87. The number of nitrogens with zero attached hydrogens (tertiary/aromatic N) is 1. The van der Waals surface area contributed by atoms with Gasteiger partial charge in [0, 0.05) is 32.7 Å². The van der Waals surface area contributed by atoms with Gasteiger partial charge in [-0.25, -0.2) is 0 Å². The van der Waals surface area contributed by atoms with Crippen LogP contribution in [0.25, 0.3) is 0 Å². The molecule has 2 aliphatic carbocycles. The lowest BCUT2D eigenvalue weighted by Crippen LogP contribution is -2.53. The lowest BCUT2D eigenvalue weighted by molar-refractivity contribution is -0.0316.